The van der Waals surface area contributed by atoms with E-state index in [-0.39, 0.29) is 38.1 Å². The summed E-state index contributed by atoms with van der Waals surface area (Å²) in [7, 11) is 0. The highest BCUT2D eigenvalue weighted by Gasteiger charge is 2.56. The number of hydrogen-bond acceptors (Lipinski definition) is 12. The summed E-state index contributed by atoms with van der Waals surface area (Å²) in [5.74, 6) is -4.52. The molecule has 0 unspecified atom stereocenters. The first kappa shape index (κ1) is 56.1. The molecule has 0 aromatic rings. The van der Waals surface area contributed by atoms with E-state index in [1.54, 1.807) is 27.7 Å². The maximum atomic E-state index is 15.1. The molecule has 4 rings (SSSR count). The molecule has 0 bridgehead atoms. The van der Waals surface area contributed by atoms with Crippen molar-refractivity contribution in [1.29, 1.82) is 0 Å². The lowest BCUT2D eigenvalue weighted by Crippen LogP contribution is -2.56. The van der Waals surface area contributed by atoms with Gasteiger partial charge in [0.05, 0.1) is 13.2 Å². The van der Waals surface area contributed by atoms with Gasteiger partial charge in [0.25, 0.3) is 0 Å². The topological polar surface area (TPSA) is 172 Å². The Morgan fingerprint density at radius 1 is 0.400 bits per heavy atom. The summed E-state index contributed by atoms with van der Waals surface area (Å²) < 4.78 is 50.1. The van der Waals surface area contributed by atoms with E-state index < -0.39 is 77.4 Å². The van der Waals surface area contributed by atoms with Gasteiger partial charge in [0.2, 0.25) is 11.8 Å². The standard InChI is InChI=1S/C51H94N2O12/c1-11-13-15-17-19-21-23-25-27-29-31-51(32-30-28-26-24-22-20-18-16-14-12-2,45(56)52-33-37-41(62-47(3,4)58-37)43-39(35-54)60-49(7,8)64-43)46(57)53-34-38-42(63-48(5,6)59-38)44-40(36-55)61-50(9,10)65-44/h37-44,54-55H,11-36H2,1-10H3,(H,52,56)(H,53,57)/t37-,38-,39-,40-,41+,42+,43+,44+/m1/s1. The zero-order chi connectivity index (χ0) is 47.7. The van der Waals surface area contributed by atoms with Gasteiger partial charge in [-0.25, -0.2) is 0 Å². The summed E-state index contributed by atoms with van der Waals surface area (Å²) in [6.07, 6.45) is 18.4. The SMILES string of the molecule is CCCCCCCCCCCCC(CCCCCCCCCCCC)(C(=O)NC[C@H]1OC(C)(C)O[C@@H]1[C@H]1OC(C)(C)O[C@@H]1CO)C(=O)NC[C@H]1OC(C)(C)O[C@@H]1[C@H]1OC(C)(C)O[C@@H]1CO. The molecule has 4 heterocycles. The molecule has 2 amide bonds. The first-order chi connectivity index (χ1) is 30.8. The number of carbonyl (C=O) groups is 2. The van der Waals surface area contributed by atoms with Crippen LogP contribution in [0.3, 0.4) is 0 Å². The summed E-state index contributed by atoms with van der Waals surface area (Å²) in [5, 5.41) is 26.9. The summed E-state index contributed by atoms with van der Waals surface area (Å²) in [6, 6.07) is 0. The molecule has 8 atom stereocenters. The van der Waals surface area contributed by atoms with Gasteiger partial charge < -0.3 is 58.7 Å². The fraction of sp³-hybridized carbons (Fsp3) is 0.961. The normalized spacial score (nSPS) is 29.1. The highest BCUT2D eigenvalue weighted by Crippen LogP contribution is 2.41. The summed E-state index contributed by atoms with van der Waals surface area (Å²) in [5.41, 5.74) is -1.37. The van der Waals surface area contributed by atoms with E-state index in [1.807, 2.05) is 27.7 Å². The maximum Gasteiger partial charge on any atom is 0.235 e. The van der Waals surface area contributed by atoms with Crippen LogP contribution in [0.15, 0.2) is 0 Å². The van der Waals surface area contributed by atoms with Crippen molar-refractivity contribution in [1.82, 2.24) is 10.6 Å². The van der Waals surface area contributed by atoms with Gasteiger partial charge in [0.15, 0.2) is 23.1 Å². The van der Waals surface area contributed by atoms with Crippen molar-refractivity contribution in [2.75, 3.05) is 26.3 Å². The monoisotopic (exact) mass is 927 g/mol. The molecule has 0 aromatic heterocycles. The molecule has 4 N–H and O–H groups in total. The van der Waals surface area contributed by atoms with E-state index >= 15 is 9.59 Å². The summed E-state index contributed by atoms with van der Waals surface area (Å²) in [6.45, 7) is 18.6. The van der Waals surface area contributed by atoms with Gasteiger partial charge in [-0.15, -0.1) is 0 Å². The van der Waals surface area contributed by atoms with Crippen LogP contribution in [0.5, 0.6) is 0 Å². The lowest BCUT2D eigenvalue weighted by atomic mass is 9.75. The van der Waals surface area contributed by atoms with Gasteiger partial charge >= 0.3 is 0 Å². The van der Waals surface area contributed by atoms with E-state index in [9.17, 15) is 10.2 Å². The largest absolute Gasteiger partial charge is 0.394 e. The Labute approximate surface area is 393 Å². The van der Waals surface area contributed by atoms with Crippen LogP contribution in [0.4, 0.5) is 0 Å². The Balaban J connectivity index is 1.55. The van der Waals surface area contributed by atoms with Gasteiger partial charge in [-0.1, -0.05) is 142 Å². The number of nitrogens with one attached hydrogen (secondary N) is 2. The number of hydrogen-bond donors (Lipinski definition) is 4. The minimum absolute atomic E-state index is 0.0731. The van der Waals surface area contributed by atoms with Crippen molar-refractivity contribution >= 4 is 11.8 Å². The zero-order valence-electron chi connectivity index (χ0n) is 42.5. The number of aliphatic hydroxyl groups excluding tert-OH is 2. The minimum atomic E-state index is -1.37. The molecular weight excluding hydrogens is 833 g/mol. The van der Waals surface area contributed by atoms with Gasteiger partial charge in [-0.2, -0.15) is 0 Å². The number of carbonyl (C=O) groups excluding carboxylic acids is 2. The smallest absolute Gasteiger partial charge is 0.235 e. The molecule has 14 heteroatoms. The second-order valence-electron chi connectivity index (χ2n) is 21.3. The van der Waals surface area contributed by atoms with Gasteiger partial charge in [0, 0.05) is 13.1 Å². The molecule has 0 spiro atoms. The van der Waals surface area contributed by atoms with Crippen LogP contribution < -0.4 is 10.6 Å². The molecule has 0 radical (unpaired) electrons. The molecule has 0 saturated carbocycles. The second-order valence-corrected chi connectivity index (χ2v) is 21.3. The van der Waals surface area contributed by atoms with Crippen molar-refractivity contribution in [3.63, 3.8) is 0 Å². The number of aliphatic hydroxyl groups is 2. The van der Waals surface area contributed by atoms with Gasteiger partial charge in [-0.3, -0.25) is 9.59 Å². The molecule has 380 valence electrons. The highest BCUT2D eigenvalue weighted by atomic mass is 16.8. The highest BCUT2D eigenvalue weighted by molar-refractivity contribution is 6.05. The number of unbranched alkanes of at least 4 members (excludes halogenated alkanes) is 18. The van der Waals surface area contributed by atoms with Gasteiger partial charge in [-0.05, 0) is 68.2 Å². The fourth-order valence-corrected chi connectivity index (χ4v) is 10.4. The van der Waals surface area contributed by atoms with Crippen molar-refractivity contribution in [2.45, 2.75) is 282 Å². The molecule has 4 saturated heterocycles. The van der Waals surface area contributed by atoms with E-state index in [0.29, 0.717) is 12.8 Å². The molecule has 0 aliphatic carbocycles. The molecule has 4 aliphatic heterocycles. The van der Waals surface area contributed by atoms with Crippen LogP contribution in [0.25, 0.3) is 0 Å². The van der Waals surface area contributed by atoms with Crippen LogP contribution in [-0.2, 0) is 47.5 Å². The Hall–Kier alpha value is -1.46. The van der Waals surface area contributed by atoms with Crippen molar-refractivity contribution in [3.8, 4) is 0 Å². The molecule has 14 nitrogen and oxygen atoms in total. The summed E-state index contributed by atoms with van der Waals surface area (Å²) >= 11 is 0. The first-order valence-electron chi connectivity index (χ1n) is 26.0. The average Bonchev–Trinajstić information content (AvgIpc) is 3.95. The predicted octanol–water partition coefficient (Wildman–Crippen LogP) is 8.89. The van der Waals surface area contributed by atoms with Crippen LogP contribution in [0, 0.1) is 5.41 Å². The van der Waals surface area contributed by atoms with Crippen LogP contribution in [0.2, 0.25) is 0 Å². The third kappa shape index (κ3) is 17.5. The first-order valence-corrected chi connectivity index (χ1v) is 26.0. The number of amides is 2. The molecule has 4 fully saturated rings. The van der Waals surface area contributed by atoms with Crippen LogP contribution in [0.1, 0.15) is 210 Å². The Kier molecular flexibility index (Phi) is 22.9. The Bertz CT molecular complexity index is 1290. The average molecular weight is 927 g/mol. The van der Waals surface area contributed by atoms with Crippen molar-refractivity contribution < 1.29 is 57.7 Å². The van der Waals surface area contributed by atoms with E-state index in [4.69, 9.17) is 37.9 Å². The van der Waals surface area contributed by atoms with E-state index in [1.165, 1.54) is 77.0 Å². The maximum absolute atomic E-state index is 15.1. The number of rotatable bonds is 32. The molecule has 0 aromatic carbocycles. The Morgan fingerprint density at radius 2 is 0.646 bits per heavy atom. The van der Waals surface area contributed by atoms with E-state index in [0.717, 1.165) is 51.4 Å². The Morgan fingerprint density at radius 3 is 0.923 bits per heavy atom. The van der Waals surface area contributed by atoms with E-state index in [2.05, 4.69) is 24.5 Å². The predicted molar refractivity (Wildman–Crippen MR) is 251 cm³/mol. The summed E-state index contributed by atoms with van der Waals surface area (Å²) in [4.78, 5) is 30.2. The quantitative estimate of drug-likeness (QED) is 0.0374. The van der Waals surface area contributed by atoms with Crippen LogP contribution in [-0.4, -0.2) is 120 Å². The fourth-order valence-electron chi connectivity index (χ4n) is 10.4. The second kappa shape index (κ2) is 26.5. The number of ether oxygens (including phenoxy) is 8. The molecular formula is C51H94N2O12. The zero-order valence-corrected chi connectivity index (χ0v) is 42.5. The third-order valence-corrected chi connectivity index (χ3v) is 13.6. The lowest BCUT2D eigenvalue weighted by Gasteiger charge is -2.33. The lowest BCUT2D eigenvalue weighted by molar-refractivity contribution is -0.175. The van der Waals surface area contributed by atoms with Crippen molar-refractivity contribution in [3.05, 3.63) is 0 Å². The third-order valence-electron chi connectivity index (χ3n) is 13.6. The molecule has 4 aliphatic rings. The van der Waals surface area contributed by atoms with Gasteiger partial charge in [0.1, 0.15) is 54.2 Å². The van der Waals surface area contributed by atoms with Crippen molar-refractivity contribution in [2.24, 2.45) is 5.41 Å². The molecule has 65 heavy (non-hydrogen) atoms. The van der Waals surface area contributed by atoms with Crippen LogP contribution >= 0.6 is 0 Å². The minimum Gasteiger partial charge on any atom is -0.394 e.